The lowest BCUT2D eigenvalue weighted by Gasteiger charge is -2.47. The number of nitrogens with two attached hydrogens (primary N) is 1. The summed E-state index contributed by atoms with van der Waals surface area (Å²) in [6.45, 7) is 3.23. The van der Waals surface area contributed by atoms with Crippen LogP contribution in [0.25, 0.3) is 0 Å². The molecular weight excluding hydrogens is 449 g/mol. The van der Waals surface area contributed by atoms with Gasteiger partial charge in [-0.1, -0.05) is 37.1 Å². The number of benzene rings is 1. The van der Waals surface area contributed by atoms with Gasteiger partial charge < -0.3 is 20.7 Å². The summed E-state index contributed by atoms with van der Waals surface area (Å²) in [5.74, 6) is 0.974. The summed E-state index contributed by atoms with van der Waals surface area (Å²) in [5.41, 5.74) is 8.48. The molecule has 4 unspecified atom stereocenters. The standard InChI is InChI=1S/C29H45BN3O3/c31-20-22-7-6-8-24(17-22)23-10-15-32(16-11-23)28(34)25-18-26-19-27(30(35)36)9-13-29(26)12-4-2-1-3-5-14-33(29)21-25/h6-8,17,21,23,25-27,35-36H,1-5,9-16,18-20,31H2/q+1. The van der Waals surface area contributed by atoms with Crippen LogP contribution in [0, 0.1) is 11.8 Å². The molecule has 2 saturated heterocycles. The van der Waals surface area contributed by atoms with Crippen LogP contribution in [0.5, 0.6) is 0 Å². The predicted molar refractivity (Wildman–Crippen MR) is 144 cm³/mol. The molecule has 4 atom stereocenters. The average molecular weight is 495 g/mol. The molecule has 3 heterocycles. The van der Waals surface area contributed by atoms with Gasteiger partial charge in [0.1, 0.15) is 12.5 Å². The van der Waals surface area contributed by atoms with Crippen LogP contribution < -0.4 is 5.73 Å². The molecule has 0 radical (unpaired) electrons. The minimum Gasteiger partial charge on any atom is -0.427 e. The fraction of sp³-hybridized carbons (Fsp3) is 0.724. The first-order valence-electron chi connectivity index (χ1n) is 14.6. The Hall–Kier alpha value is -1.70. The lowest BCUT2D eigenvalue weighted by Crippen LogP contribution is -2.58. The lowest BCUT2D eigenvalue weighted by atomic mass is 9.54. The number of hydrogen-bond acceptors (Lipinski definition) is 4. The third-order valence-corrected chi connectivity index (χ3v) is 9.98. The van der Waals surface area contributed by atoms with Crippen LogP contribution in [0.4, 0.5) is 0 Å². The van der Waals surface area contributed by atoms with E-state index in [1.54, 1.807) is 0 Å². The van der Waals surface area contributed by atoms with Crippen molar-refractivity contribution in [2.24, 2.45) is 17.6 Å². The van der Waals surface area contributed by atoms with Crippen molar-refractivity contribution in [3.8, 4) is 0 Å². The molecule has 1 amide bonds. The fourth-order valence-corrected chi connectivity index (χ4v) is 7.86. The largest absolute Gasteiger partial charge is 0.454 e. The summed E-state index contributed by atoms with van der Waals surface area (Å²) in [5, 5.41) is 20.0. The van der Waals surface area contributed by atoms with Crippen molar-refractivity contribution in [3.05, 3.63) is 35.4 Å². The maximum Gasteiger partial charge on any atom is 0.454 e. The predicted octanol–water partition coefficient (Wildman–Crippen LogP) is 3.69. The molecule has 6 nitrogen and oxygen atoms in total. The van der Waals surface area contributed by atoms with Gasteiger partial charge in [0.15, 0.2) is 11.8 Å². The highest BCUT2D eigenvalue weighted by atomic mass is 16.4. The zero-order chi connectivity index (χ0) is 25.1. The SMILES string of the molecule is NCc1cccc(C2CCN(C(=O)C3C=[N+]4CCCCCCCC45CCC(B(O)O)CC5C3)CC2)c1. The Balaban J connectivity index is 1.32. The van der Waals surface area contributed by atoms with Crippen LogP contribution in [-0.4, -0.2) is 63.9 Å². The maximum atomic E-state index is 13.8. The normalized spacial score (nSPS) is 31.8. The van der Waals surface area contributed by atoms with E-state index in [0.717, 1.165) is 58.2 Å². The zero-order valence-electron chi connectivity index (χ0n) is 21.9. The summed E-state index contributed by atoms with van der Waals surface area (Å²) in [6.07, 6.45) is 15.4. The van der Waals surface area contributed by atoms with Gasteiger partial charge in [0.05, 0.1) is 0 Å². The summed E-state index contributed by atoms with van der Waals surface area (Å²) in [4.78, 5) is 15.9. The van der Waals surface area contributed by atoms with Gasteiger partial charge in [-0.15, -0.1) is 0 Å². The Kier molecular flexibility index (Phi) is 8.19. The van der Waals surface area contributed by atoms with Gasteiger partial charge in [0, 0.05) is 44.8 Å². The van der Waals surface area contributed by atoms with Gasteiger partial charge in [0.2, 0.25) is 5.91 Å². The molecule has 1 aromatic carbocycles. The third-order valence-electron chi connectivity index (χ3n) is 9.98. The van der Waals surface area contributed by atoms with Crippen molar-refractivity contribution in [3.63, 3.8) is 0 Å². The number of rotatable bonds is 4. The second-order valence-electron chi connectivity index (χ2n) is 12.0. The molecule has 1 aliphatic carbocycles. The van der Waals surface area contributed by atoms with E-state index in [4.69, 9.17) is 5.73 Å². The van der Waals surface area contributed by atoms with Crippen LogP contribution in [-0.2, 0) is 11.3 Å². The quantitative estimate of drug-likeness (QED) is 0.440. The van der Waals surface area contributed by atoms with Gasteiger partial charge in [-0.2, -0.15) is 0 Å². The Labute approximate surface area is 217 Å². The minimum atomic E-state index is -1.25. The summed E-state index contributed by atoms with van der Waals surface area (Å²) in [7, 11) is -1.25. The van der Waals surface area contributed by atoms with E-state index in [9.17, 15) is 14.8 Å². The number of piperidine rings is 1. The van der Waals surface area contributed by atoms with Gasteiger partial charge in [0.25, 0.3) is 0 Å². The number of carbonyl (C=O) groups is 1. The van der Waals surface area contributed by atoms with Gasteiger partial charge >= 0.3 is 7.12 Å². The van der Waals surface area contributed by atoms with Crippen LogP contribution in [0.2, 0.25) is 5.82 Å². The molecule has 3 fully saturated rings. The van der Waals surface area contributed by atoms with Crippen molar-refractivity contribution in [1.82, 2.24) is 4.90 Å². The molecule has 36 heavy (non-hydrogen) atoms. The van der Waals surface area contributed by atoms with E-state index in [2.05, 4.69) is 40.0 Å². The van der Waals surface area contributed by atoms with Gasteiger partial charge in [-0.3, -0.25) is 4.79 Å². The molecule has 4 aliphatic rings. The Bertz CT molecular complexity index is 945. The second-order valence-corrected chi connectivity index (χ2v) is 12.0. The van der Waals surface area contributed by atoms with Crippen LogP contribution in [0.3, 0.4) is 0 Å². The monoisotopic (exact) mass is 494 g/mol. The molecule has 7 heteroatoms. The molecule has 1 saturated carbocycles. The molecule has 1 aromatic rings. The molecule has 0 aromatic heterocycles. The van der Waals surface area contributed by atoms with E-state index in [0.29, 0.717) is 18.4 Å². The van der Waals surface area contributed by atoms with Crippen molar-refractivity contribution in [2.45, 2.75) is 101 Å². The van der Waals surface area contributed by atoms with Crippen LogP contribution in [0.15, 0.2) is 24.3 Å². The smallest absolute Gasteiger partial charge is 0.427 e. The van der Waals surface area contributed by atoms with E-state index in [1.165, 1.54) is 49.7 Å². The van der Waals surface area contributed by atoms with E-state index in [1.807, 2.05) is 0 Å². The van der Waals surface area contributed by atoms with E-state index < -0.39 is 7.12 Å². The minimum absolute atomic E-state index is 0.0658. The molecule has 4 N–H and O–H groups in total. The molecule has 5 rings (SSSR count). The second kappa shape index (κ2) is 11.4. The molecule has 3 aliphatic heterocycles. The maximum absolute atomic E-state index is 13.8. The molecule has 1 spiro atoms. The first kappa shape index (κ1) is 25.9. The van der Waals surface area contributed by atoms with Crippen LogP contribution >= 0.6 is 0 Å². The highest BCUT2D eigenvalue weighted by Crippen LogP contribution is 2.50. The summed E-state index contributed by atoms with van der Waals surface area (Å²) in [6, 6.07) is 8.62. The Morgan fingerprint density at radius 2 is 1.83 bits per heavy atom. The molecule has 0 bridgehead atoms. The van der Waals surface area contributed by atoms with Crippen molar-refractivity contribution < 1.29 is 19.4 Å². The zero-order valence-corrected chi connectivity index (χ0v) is 21.9. The number of hydrogen-bond donors (Lipinski definition) is 3. The van der Waals surface area contributed by atoms with E-state index >= 15 is 0 Å². The number of carbonyl (C=O) groups excluding carboxylic acids is 1. The first-order chi connectivity index (χ1) is 17.5. The highest BCUT2D eigenvalue weighted by Gasteiger charge is 2.56. The molecule has 196 valence electrons. The van der Waals surface area contributed by atoms with Crippen molar-refractivity contribution in [2.75, 3.05) is 19.6 Å². The number of amides is 1. The average Bonchev–Trinajstić information content (AvgIpc) is 3.01. The fourth-order valence-electron chi connectivity index (χ4n) is 7.86. The Morgan fingerprint density at radius 1 is 1.06 bits per heavy atom. The van der Waals surface area contributed by atoms with Gasteiger partial charge in [-0.05, 0) is 67.8 Å². The summed E-state index contributed by atoms with van der Waals surface area (Å²) < 4.78 is 2.58. The van der Waals surface area contributed by atoms with Crippen molar-refractivity contribution >= 4 is 19.2 Å². The van der Waals surface area contributed by atoms with E-state index in [-0.39, 0.29) is 23.2 Å². The number of nitrogens with zero attached hydrogens (tertiary/aromatic N) is 2. The molecular formula is C29H45BN3O3+. The Morgan fingerprint density at radius 3 is 2.61 bits per heavy atom. The topological polar surface area (TPSA) is 89.8 Å². The summed E-state index contributed by atoms with van der Waals surface area (Å²) >= 11 is 0. The highest BCUT2D eigenvalue weighted by molar-refractivity contribution is 6.43. The van der Waals surface area contributed by atoms with Crippen molar-refractivity contribution in [1.29, 1.82) is 0 Å². The van der Waals surface area contributed by atoms with Gasteiger partial charge in [-0.25, -0.2) is 4.58 Å². The lowest BCUT2D eigenvalue weighted by molar-refractivity contribution is -0.627. The third kappa shape index (κ3) is 5.30. The number of likely N-dealkylation sites (tertiary alicyclic amines) is 1. The first-order valence-corrected chi connectivity index (χ1v) is 14.6. The van der Waals surface area contributed by atoms with Crippen LogP contribution in [0.1, 0.15) is 94.1 Å².